The molecular weight excluding hydrogens is 611 g/mol. The maximum absolute atomic E-state index is 6.52. The van der Waals surface area contributed by atoms with Crippen LogP contribution in [0.4, 0.5) is 0 Å². The van der Waals surface area contributed by atoms with Crippen molar-refractivity contribution in [3.05, 3.63) is 175 Å². The first kappa shape index (κ1) is 29.5. The fraction of sp³-hybridized carbons (Fsp3) is 0.0217. The molecule has 9 rings (SSSR count). The third-order valence-electron chi connectivity index (χ3n) is 9.18. The highest BCUT2D eigenvalue weighted by atomic mass is 16.3. The second kappa shape index (κ2) is 12.4. The lowest BCUT2D eigenvalue weighted by Crippen LogP contribution is -2.00. The van der Waals surface area contributed by atoms with Crippen molar-refractivity contribution in [1.82, 2.24) is 15.0 Å². The number of furan rings is 1. The zero-order valence-corrected chi connectivity index (χ0v) is 27.4. The molecule has 7 aromatic carbocycles. The van der Waals surface area contributed by atoms with Crippen LogP contribution in [0.2, 0.25) is 0 Å². The Morgan fingerprint density at radius 3 is 1.60 bits per heavy atom. The van der Waals surface area contributed by atoms with Gasteiger partial charge in [-0.25, -0.2) is 15.0 Å². The summed E-state index contributed by atoms with van der Waals surface area (Å²) in [5.41, 5.74) is 12.5. The van der Waals surface area contributed by atoms with Gasteiger partial charge in [0, 0.05) is 27.5 Å². The van der Waals surface area contributed by atoms with Crippen LogP contribution in [0.3, 0.4) is 0 Å². The molecule has 0 radical (unpaired) electrons. The minimum absolute atomic E-state index is 0.591. The highest BCUT2D eigenvalue weighted by Gasteiger charge is 2.17. The van der Waals surface area contributed by atoms with Gasteiger partial charge >= 0.3 is 0 Å². The summed E-state index contributed by atoms with van der Waals surface area (Å²) in [6, 6.07) is 58.7. The summed E-state index contributed by atoms with van der Waals surface area (Å²) in [4.78, 5) is 15.0. The number of benzene rings is 7. The SMILES string of the molecule is Cc1cccc(-c2cccc(-c3nc(-c4ccccc4)nc(-c4ccc5c(c4)oc4cccc(-c6cccc(-c7ccccc7)c6)c45)n3)c2)c1. The van der Waals surface area contributed by atoms with Crippen LogP contribution in [0, 0.1) is 6.92 Å². The Hall–Kier alpha value is -6.65. The summed E-state index contributed by atoms with van der Waals surface area (Å²) in [6.07, 6.45) is 0. The van der Waals surface area contributed by atoms with Crippen molar-refractivity contribution in [2.45, 2.75) is 6.92 Å². The largest absolute Gasteiger partial charge is 0.456 e. The summed E-state index contributed by atoms with van der Waals surface area (Å²) in [5.74, 6) is 1.83. The Morgan fingerprint density at radius 2 is 0.880 bits per heavy atom. The summed E-state index contributed by atoms with van der Waals surface area (Å²) >= 11 is 0. The second-order valence-electron chi connectivity index (χ2n) is 12.6. The van der Waals surface area contributed by atoms with Crippen LogP contribution in [0.25, 0.3) is 89.5 Å². The van der Waals surface area contributed by atoms with Crippen LogP contribution in [0.15, 0.2) is 174 Å². The molecule has 4 nitrogen and oxygen atoms in total. The van der Waals surface area contributed by atoms with Gasteiger partial charge in [-0.2, -0.15) is 0 Å². The van der Waals surface area contributed by atoms with Crippen LogP contribution in [0.5, 0.6) is 0 Å². The Kier molecular flexibility index (Phi) is 7.33. The average molecular weight is 642 g/mol. The molecule has 9 aromatic rings. The molecule has 236 valence electrons. The molecule has 0 aliphatic heterocycles. The Balaban J connectivity index is 1.16. The Morgan fingerprint density at radius 1 is 0.360 bits per heavy atom. The van der Waals surface area contributed by atoms with E-state index in [4.69, 9.17) is 19.4 Å². The number of aromatic nitrogens is 3. The molecular formula is C46H31N3O. The predicted molar refractivity (Wildman–Crippen MR) is 204 cm³/mol. The van der Waals surface area contributed by atoms with Crippen molar-refractivity contribution in [2.24, 2.45) is 0 Å². The van der Waals surface area contributed by atoms with E-state index in [0.717, 1.165) is 60.9 Å². The lowest BCUT2D eigenvalue weighted by atomic mass is 9.96. The molecule has 0 aliphatic carbocycles. The van der Waals surface area contributed by atoms with E-state index < -0.39 is 0 Å². The second-order valence-corrected chi connectivity index (χ2v) is 12.6. The Bertz CT molecular complexity index is 2660. The molecule has 50 heavy (non-hydrogen) atoms. The number of aryl methyl sites for hydroxylation is 1. The van der Waals surface area contributed by atoms with Gasteiger partial charge in [-0.15, -0.1) is 0 Å². The molecule has 0 saturated heterocycles. The number of fused-ring (bicyclic) bond motifs is 3. The van der Waals surface area contributed by atoms with Crippen LogP contribution < -0.4 is 0 Å². The van der Waals surface area contributed by atoms with Crippen molar-refractivity contribution >= 4 is 21.9 Å². The fourth-order valence-electron chi connectivity index (χ4n) is 6.72. The lowest BCUT2D eigenvalue weighted by Gasteiger charge is -2.10. The first-order chi connectivity index (χ1) is 24.7. The summed E-state index contributed by atoms with van der Waals surface area (Å²) < 4.78 is 6.52. The van der Waals surface area contributed by atoms with E-state index in [1.54, 1.807) is 0 Å². The first-order valence-corrected chi connectivity index (χ1v) is 16.8. The third kappa shape index (κ3) is 5.53. The summed E-state index contributed by atoms with van der Waals surface area (Å²) in [5, 5.41) is 2.14. The van der Waals surface area contributed by atoms with E-state index >= 15 is 0 Å². The topological polar surface area (TPSA) is 51.8 Å². The standard InChI is InChI=1S/C46H31N3O/c1-30-12-8-17-33(26-30)35-19-10-21-37(28-35)45-47-44(32-15-6-3-7-16-32)48-46(49-45)38-24-25-40-42(29-38)50-41-23-11-22-39(43(40)41)36-20-9-18-34(27-36)31-13-4-2-5-14-31/h2-29H,1H3. The molecule has 0 aliphatic rings. The number of nitrogens with zero attached hydrogens (tertiary/aromatic N) is 3. The number of hydrogen-bond donors (Lipinski definition) is 0. The van der Waals surface area contributed by atoms with Crippen LogP contribution in [0.1, 0.15) is 5.56 Å². The van der Waals surface area contributed by atoms with Gasteiger partial charge < -0.3 is 4.42 Å². The van der Waals surface area contributed by atoms with Gasteiger partial charge in [0.1, 0.15) is 11.2 Å². The molecule has 0 saturated carbocycles. The van der Waals surface area contributed by atoms with Crippen LogP contribution >= 0.6 is 0 Å². The molecule has 0 bridgehead atoms. The fourth-order valence-corrected chi connectivity index (χ4v) is 6.72. The van der Waals surface area contributed by atoms with E-state index in [1.807, 2.05) is 42.5 Å². The molecule has 0 amide bonds. The summed E-state index contributed by atoms with van der Waals surface area (Å²) in [7, 11) is 0. The van der Waals surface area contributed by atoms with Crippen LogP contribution in [-0.4, -0.2) is 15.0 Å². The number of rotatable bonds is 6. The van der Waals surface area contributed by atoms with Crippen molar-refractivity contribution in [3.8, 4) is 67.5 Å². The molecule has 2 heterocycles. The molecule has 0 fully saturated rings. The van der Waals surface area contributed by atoms with E-state index in [0.29, 0.717) is 17.5 Å². The third-order valence-corrected chi connectivity index (χ3v) is 9.18. The predicted octanol–water partition coefficient (Wildman–Crippen LogP) is 12.1. The van der Waals surface area contributed by atoms with Gasteiger partial charge in [-0.1, -0.05) is 145 Å². The lowest BCUT2D eigenvalue weighted by molar-refractivity contribution is 0.669. The number of hydrogen-bond acceptors (Lipinski definition) is 4. The highest BCUT2D eigenvalue weighted by molar-refractivity contribution is 6.13. The molecule has 4 heteroatoms. The van der Waals surface area contributed by atoms with Gasteiger partial charge in [0.25, 0.3) is 0 Å². The zero-order chi connectivity index (χ0) is 33.4. The van der Waals surface area contributed by atoms with Crippen molar-refractivity contribution in [1.29, 1.82) is 0 Å². The molecule has 0 unspecified atom stereocenters. The van der Waals surface area contributed by atoms with E-state index in [2.05, 4.69) is 134 Å². The Labute approximate surface area is 290 Å². The average Bonchev–Trinajstić information content (AvgIpc) is 3.57. The zero-order valence-electron chi connectivity index (χ0n) is 27.4. The normalized spacial score (nSPS) is 11.3. The van der Waals surface area contributed by atoms with Gasteiger partial charge in [0.05, 0.1) is 0 Å². The maximum atomic E-state index is 6.52. The van der Waals surface area contributed by atoms with Crippen LogP contribution in [-0.2, 0) is 0 Å². The molecule has 0 atom stereocenters. The van der Waals surface area contributed by atoms with Gasteiger partial charge in [-0.3, -0.25) is 0 Å². The van der Waals surface area contributed by atoms with Crippen molar-refractivity contribution in [2.75, 3.05) is 0 Å². The minimum atomic E-state index is 0.591. The smallest absolute Gasteiger partial charge is 0.164 e. The molecule has 0 spiro atoms. The van der Waals surface area contributed by atoms with E-state index in [-0.39, 0.29) is 0 Å². The highest BCUT2D eigenvalue weighted by Crippen LogP contribution is 2.39. The summed E-state index contributed by atoms with van der Waals surface area (Å²) in [6.45, 7) is 2.11. The minimum Gasteiger partial charge on any atom is -0.456 e. The molecule has 0 N–H and O–H groups in total. The van der Waals surface area contributed by atoms with E-state index in [1.165, 1.54) is 16.7 Å². The first-order valence-electron chi connectivity index (χ1n) is 16.8. The monoisotopic (exact) mass is 641 g/mol. The molecule has 2 aromatic heterocycles. The quantitative estimate of drug-likeness (QED) is 0.181. The van der Waals surface area contributed by atoms with Crippen molar-refractivity contribution < 1.29 is 4.42 Å². The van der Waals surface area contributed by atoms with Gasteiger partial charge in [0.2, 0.25) is 0 Å². The van der Waals surface area contributed by atoms with E-state index in [9.17, 15) is 0 Å². The van der Waals surface area contributed by atoms with Crippen molar-refractivity contribution in [3.63, 3.8) is 0 Å². The van der Waals surface area contributed by atoms with Gasteiger partial charge in [0.15, 0.2) is 17.5 Å². The van der Waals surface area contributed by atoms with Gasteiger partial charge in [-0.05, 0) is 70.6 Å². The maximum Gasteiger partial charge on any atom is 0.164 e.